The molecule has 1 rings (SSSR count). The Hall–Kier alpha value is -0.960. The molecule has 0 saturated heterocycles. The number of carbonyl (C=O) groups is 1. The smallest absolute Gasteiger partial charge is 0.204 e. The third-order valence-electron chi connectivity index (χ3n) is 0.876. The highest BCUT2D eigenvalue weighted by atomic mass is 32.1. The van der Waals surface area contributed by atoms with Gasteiger partial charge >= 0.3 is 0 Å². The van der Waals surface area contributed by atoms with E-state index in [9.17, 15) is 4.79 Å². The van der Waals surface area contributed by atoms with Gasteiger partial charge in [0.15, 0.2) is 0 Å². The Bertz CT molecular complexity index is 215. The minimum atomic E-state index is -0.115. The molecule has 0 N–H and O–H groups in total. The molecule has 9 heavy (non-hydrogen) atoms. The Kier molecular flexibility index (Phi) is 1.75. The number of nitrogens with zero attached hydrogens (tertiary/aromatic N) is 1. The molecule has 0 aliphatic heterocycles. The summed E-state index contributed by atoms with van der Waals surface area (Å²) in [7, 11) is 0. The SMILES string of the molecule is C=CC(=O)c1ccsn1. The number of aromatic nitrogens is 1. The van der Waals surface area contributed by atoms with E-state index in [-0.39, 0.29) is 5.78 Å². The molecular weight excluding hydrogens is 134 g/mol. The number of carbonyl (C=O) groups excluding carboxylic acids is 1. The Balaban J connectivity index is 2.89. The molecule has 0 saturated carbocycles. The topological polar surface area (TPSA) is 30.0 Å². The summed E-state index contributed by atoms with van der Waals surface area (Å²) in [5.74, 6) is -0.115. The summed E-state index contributed by atoms with van der Waals surface area (Å²) in [4.78, 5) is 10.7. The summed E-state index contributed by atoms with van der Waals surface area (Å²) < 4.78 is 3.81. The first-order chi connectivity index (χ1) is 4.34. The van der Waals surface area contributed by atoms with Crippen molar-refractivity contribution < 1.29 is 4.79 Å². The molecule has 0 amide bonds. The van der Waals surface area contributed by atoms with Gasteiger partial charge in [0.25, 0.3) is 0 Å². The van der Waals surface area contributed by atoms with Crippen molar-refractivity contribution in [2.75, 3.05) is 0 Å². The van der Waals surface area contributed by atoms with Crippen LogP contribution in [0.1, 0.15) is 10.5 Å². The third-order valence-corrected chi connectivity index (χ3v) is 1.44. The number of allylic oxidation sites excluding steroid dienone is 1. The quantitative estimate of drug-likeness (QED) is 0.459. The fourth-order valence-electron chi connectivity index (χ4n) is 0.444. The minimum Gasteiger partial charge on any atom is -0.288 e. The summed E-state index contributed by atoms with van der Waals surface area (Å²) >= 11 is 1.26. The van der Waals surface area contributed by atoms with Crippen LogP contribution < -0.4 is 0 Å². The molecule has 0 unspecified atom stereocenters. The van der Waals surface area contributed by atoms with Crippen LogP contribution in [0.4, 0.5) is 0 Å². The molecule has 0 bridgehead atoms. The van der Waals surface area contributed by atoms with Crippen molar-refractivity contribution in [2.45, 2.75) is 0 Å². The Labute approximate surface area is 57.0 Å². The molecule has 3 heteroatoms. The van der Waals surface area contributed by atoms with E-state index in [1.54, 1.807) is 11.4 Å². The van der Waals surface area contributed by atoms with Crippen molar-refractivity contribution in [3.63, 3.8) is 0 Å². The summed E-state index contributed by atoms with van der Waals surface area (Å²) in [6.07, 6.45) is 1.26. The van der Waals surface area contributed by atoms with Gasteiger partial charge in [0.1, 0.15) is 5.69 Å². The molecule has 0 aliphatic carbocycles. The average molecular weight is 139 g/mol. The number of hydrogen-bond acceptors (Lipinski definition) is 3. The molecule has 0 aromatic carbocycles. The first-order valence-electron chi connectivity index (χ1n) is 2.41. The van der Waals surface area contributed by atoms with E-state index in [0.29, 0.717) is 5.69 Å². The van der Waals surface area contributed by atoms with Crippen LogP contribution in [0.5, 0.6) is 0 Å². The lowest BCUT2D eigenvalue weighted by atomic mass is 10.3. The van der Waals surface area contributed by atoms with Crippen molar-refractivity contribution in [1.29, 1.82) is 0 Å². The van der Waals surface area contributed by atoms with Crippen LogP contribution in [-0.2, 0) is 0 Å². The molecule has 1 heterocycles. The van der Waals surface area contributed by atoms with Gasteiger partial charge in [-0.1, -0.05) is 6.58 Å². The van der Waals surface area contributed by atoms with Crippen molar-refractivity contribution in [3.8, 4) is 0 Å². The molecule has 0 fully saturated rings. The van der Waals surface area contributed by atoms with E-state index in [4.69, 9.17) is 0 Å². The first-order valence-corrected chi connectivity index (χ1v) is 3.25. The van der Waals surface area contributed by atoms with Gasteiger partial charge < -0.3 is 0 Å². The fourth-order valence-corrected chi connectivity index (χ4v) is 0.959. The number of hydrogen-bond donors (Lipinski definition) is 0. The standard InChI is InChI=1S/C6H5NOS/c1-2-6(8)5-3-4-9-7-5/h2-4H,1H2. The molecule has 0 atom stereocenters. The van der Waals surface area contributed by atoms with Crippen molar-refractivity contribution in [1.82, 2.24) is 4.37 Å². The van der Waals surface area contributed by atoms with Gasteiger partial charge in [-0.05, 0) is 23.7 Å². The highest BCUT2D eigenvalue weighted by Crippen LogP contribution is 2.00. The molecule has 0 spiro atoms. The first kappa shape index (κ1) is 6.16. The highest BCUT2D eigenvalue weighted by molar-refractivity contribution is 7.03. The largest absolute Gasteiger partial charge is 0.288 e. The van der Waals surface area contributed by atoms with Crippen LogP contribution in [0.2, 0.25) is 0 Å². The molecule has 1 aromatic heterocycles. The lowest BCUT2D eigenvalue weighted by Crippen LogP contribution is -1.91. The highest BCUT2D eigenvalue weighted by Gasteiger charge is 2.00. The molecule has 2 nitrogen and oxygen atoms in total. The van der Waals surface area contributed by atoms with Crippen LogP contribution >= 0.6 is 11.5 Å². The lowest BCUT2D eigenvalue weighted by molar-refractivity contribution is 0.104. The summed E-state index contributed by atoms with van der Waals surface area (Å²) in [5, 5.41) is 1.76. The van der Waals surface area contributed by atoms with Gasteiger partial charge in [-0.3, -0.25) is 4.79 Å². The maximum atomic E-state index is 10.7. The van der Waals surface area contributed by atoms with Crippen molar-refractivity contribution in [2.24, 2.45) is 0 Å². The molecule has 1 aromatic rings. The second kappa shape index (κ2) is 2.55. The summed E-state index contributed by atoms with van der Waals surface area (Å²) in [6, 6.07) is 1.68. The van der Waals surface area contributed by atoms with Gasteiger partial charge in [-0.25, -0.2) is 0 Å². The zero-order valence-corrected chi connectivity index (χ0v) is 5.52. The van der Waals surface area contributed by atoms with E-state index in [0.717, 1.165) is 0 Å². The van der Waals surface area contributed by atoms with Gasteiger partial charge in [0.05, 0.1) is 0 Å². The predicted molar refractivity (Wildman–Crippen MR) is 36.6 cm³/mol. The molecular formula is C6H5NOS. The normalized spacial score (nSPS) is 8.89. The van der Waals surface area contributed by atoms with Crippen LogP contribution in [0.15, 0.2) is 24.1 Å². The zero-order valence-electron chi connectivity index (χ0n) is 4.70. The molecule has 0 radical (unpaired) electrons. The van der Waals surface area contributed by atoms with Crippen LogP contribution in [0, 0.1) is 0 Å². The van der Waals surface area contributed by atoms with Gasteiger partial charge in [0, 0.05) is 5.38 Å². The molecule has 46 valence electrons. The average Bonchev–Trinajstić information content (AvgIpc) is 2.37. The lowest BCUT2D eigenvalue weighted by Gasteiger charge is -1.80. The van der Waals surface area contributed by atoms with Crippen LogP contribution in [-0.4, -0.2) is 10.2 Å². The summed E-state index contributed by atoms with van der Waals surface area (Å²) in [5.41, 5.74) is 0.481. The van der Waals surface area contributed by atoms with Crippen LogP contribution in [0.25, 0.3) is 0 Å². The Morgan fingerprint density at radius 3 is 3.11 bits per heavy atom. The van der Waals surface area contributed by atoms with Crippen LogP contribution in [0.3, 0.4) is 0 Å². The van der Waals surface area contributed by atoms with Gasteiger partial charge in [0.2, 0.25) is 5.78 Å². The second-order valence-electron chi connectivity index (χ2n) is 1.45. The molecule has 0 aliphatic rings. The van der Waals surface area contributed by atoms with Gasteiger partial charge in [-0.2, -0.15) is 4.37 Å². The van der Waals surface area contributed by atoms with E-state index in [1.807, 2.05) is 0 Å². The predicted octanol–water partition coefficient (Wildman–Crippen LogP) is 1.51. The maximum Gasteiger partial charge on any atom is 0.204 e. The van der Waals surface area contributed by atoms with E-state index in [1.165, 1.54) is 17.6 Å². The number of rotatable bonds is 2. The fraction of sp³-hybridized carbons (Fsp3) is 0. The second-order valence-corrected chi connectivity index (χ2v) is 2.12. The Morgan fingerprint density at radius 2 is 2.67 bits per heavy atom. The number of ketones is 1. The minimum absolute atomic E-state index is 0.115. The van der Waals surface area contributed by atoms with E-state index in [2.05, 4.69) is 11.0 Å². The summed E-state index contributed by atoms with van der Waals surface area (Å²) in [6.45, 7) is 3.33. The van der Waals surface area contributed by atoms with Crippen molar-refractivity contribution in [3.05, 3.63) is 29.8 Å². The van der Waals surface area contributed by atoms with Crippen molar-refractivity contribution >= 4 is 17.3 Å². The van der Waals surface area contributed by atoms with E-state index >= 15 is 0 Å². The van der Waals surface area contributed by atoms with Gasteiger partial charge in [-0.15, -0.1) is 0 Å². The Morgan fingerprint density at radius 1 is 1.89 bits per heavy atom. The zero-order chi connectivity index (χ0) is 6.69. The maximum absolute atomic E-state index is 10.7. The third kappa shape index (κ3) is 1.23. The monoisotopic (exact) mass is 139 g/mol. The van der Waals surface area contributed by atoms with E-state index < -0.39 is 0 Å².